The molecule has 0 aromatic heterocycles. The normalized spacial score (nSPS) is 31.5. The SMILES string of the molecule is O=C1N/C(=C\c2ccc3ccccc3c2)C(=O)N1[C@@H]1O[C@H](CO)[C@H](O)[C@H](O)[C@H]1O. The molecule has 2 aromatic rings. The molecule has 2 fully saturated rings. The van der Waals surface area contributed by atoms with E-state index in [9.17, 15) is 30.0 Å². The third-order valence-corrected chi connectivity index (χ3v) is 5.12. The summed E-state index contributed by atoms with van der Waals surface area (Å²) in [5.74, 6) is -0.757. The number of fused-ring (bicyclic) bond motifs is 1. The van der Waals surface area contributed by atoms with Crippen LogP contribution in [-0.4, -0.2) is 74.5 Å². The lowest BCUT2D eigenvalue weighted by molar-refractivity contribution is -0.253. The minimum Gasteiger partial charge on any atom is -0.394 e. The Hall–Kier alpha value is -2.82. The molecule has 9 heteroatoms. The molecule has 0 unspecified atom stereocenters. The van der Waals surface area contributed by atoms with E-state index in [1.807, 2.05) is 36.4 Å². The van der Waals surface area contributed by atoms with E-state index in [2.05, 4.69) is 5.32 Å². The smallest absolute Gasteiger partial charge is 0.331 e. The second-order valence-electron chi connectivity index (χ2n) is 6.99. The van der Waals surface area contributed by atoms with Crippen molar-refractivity contribution < 1.29 is 34.8 Å². The summed E-state index contributed by atoms with van der Waals surface area (Å²) in [5, 5.41) is 43.7. The summed E-state index contributed by atoms with van der Waals surface area (Å²) < 4.78 is 5.32. The topological polar surface area (TPSA) is 140 Å². The number of imide groups is 1. The van der Waals surface area contributed by atoms with Gasteiger partial charge in [-0.05, 0) is 28.5 Å². The zero-order chi connectivity index (χ0) is 20.7. The van der Waals surface area contributed by atoms with Gasteiger partial charge in [0, 0.05) is 0 Å². The second-order valence-corrected chi connectivity index (χ2v) is 6.99. The van der Waals surface area contributed by atoms with E-state index in [1.54, 1.807) is 6.07 Å². The highest BCUT2D eigenvalue weighted by Crippen LogP contribution is 2.27. The number of benzene rings is 2. The number of nitrogens with zero attached hydrogens (tertiary/aromatic N) is 1. The van der Waals surface area contributed by atoms with Gasteiger partial charge < -0.3 is 30.5 Å². The van der Waals surface area contributed by atoms with Gasteiger partial charge in [0.2, 0.25) is 0 Å². The number of carbonyl (C=O) groups is 2. The Morgan fingerprint density at radius 1 is 1.00 bits per heavy atom. The molecule has 0 radical (unpaired) electrons. The van der Waals surface area contributed by atoms with Crippen LogP contribution >= 0.6 is 0 Å². The van der Waals surface area contributed by atoms with Crippen molar-refractivity contribution in [2.24, 2.45) is 0 Å². The van der Waals surface area contributed by atoms with Gasteiger partial charge in [0.15, 0.2) is 6.23 Å². The van der Waals surface area contributed by atoms with Crippen LogP contribution in [0.5, 0.6) is 0 Å². The highest BCUT2D eigenvalue weighted by Gasteiger charge is 2.51. The first-order valence-electron chi connectivity index (χ1n) is 9.06. The van der Waals surface area contributed by atoms with Gasteiger partial charge in [-0.25, -0.2) is 9.69 Å². The third kappa shape index (κ3) is 3.39. The summed E-state index contributed by atoms with van der Waals surface area (Å²) in [4.78, 5) is 25.8. The maximum absolute atomic E-state index is 12.8. The van der Waals surface area contributed by atoms with Crippen LogP contribution in [0.4, 0.5) is 4.79 Å². The number of aliphatic hydroxyl groups excluding tert-OH is 4. The van der Waals surface area contributed by atoms with E-state index < -0.39 is 49.2 Å². The standard InChI is InChI=1S/C20H20N2O7/c23-9-14-15(24)16(25)17(26)19(29-14)22-18(27)13(21-20(22)28)8-10-5-6-11-3-1-2-4-12(11)7-10/h1-8,14-17,19,23-26H,9H2,(H,21,28)/b13-8-/t14-,15+,16+,17-,19-/m1/s1. The van der Waals surface area contributed by atoms with E-state index in [0.717, 1.165) is 10.8 Å². The third-order valence-electron chi connectivity index (χ3n) is 5.12. The first-order valence-corrected chi connectivity index (χ1v) is 9.06. The van der Waals surface area contributed by atoms with Crippen molar-refractivity contribution >= 4 is 28.8 Å². The molecule has 0 spiro atoms. The van der Waals surface area contributed by atoms with E-state index in [-0.39, 0.29) is 5.70 Å². The summed E-state index contributed by atoms with van der Waals surface area (Å²) in [5.41, 5.74) is 0.658. The molecular weight excluding hydrogens is 380 g/mol. The number of urea groups is 1. The fraction of sp³-hybridized carbons (Fsp3) is 0.300. The van der Waals surface area contributed by atoms with E-state index >= 15 is 0 Å². The van der Waals surface area contributed by atoms with Crippen molar-refractivity contribution in [3.8, 4) is 0 Å². The first-order chi connectivity index (χ1) is 13.9. The number of nitrogens with one attached hydrogen (secondary N) is 1. The minimum atomic E-state index is -1.73. The molecule has 5 atom stereocenters. The Labute approximate surface area is 165 Å². The molecule has 2 heterocycles. The van der Waals surface area contributed by atoms with Crippen LogP contribution in [0.3, 0.4) is 0 Å². The Morgan fingerprint density at radius 2 is 1.72 bits per heavy atom. The van der Waals surface area contributed by atoms with Gasteiger partial charge >= 0.3 is 6.03 Å². The van der Waals surface area contributed by atoms with E-state index in [1.165, 1.54) is 6.08 Å². The predicted molar refractivity (Wildman–Crippen MR) is 101 cm³/mol. The molecule has 2 saturated heterocycles. The number of hydrogen-bond acceptors (Lipinski definition) is 7. The van der Waals surface area contributed by atoms with Crippen LogP contribution in [-0.2, 0) is 9.53 Å². The number of amides is 3. The lowest BCUT2D eigenvalue weighted by atomic mass is 9.98. The van der Waals surface area contributed by atoms with Crippen molar-refractivity contribution in [2.45, 2.75) is 30.6 Å². The predicted octanol–water partition coefficient (Wildman–Crippen LogP) is -0.468. The molecule has 0 bridgehead atoms. The Balaban J connectivity index is 1.62. The molecule has 5 N–H and O–H groups in total. The average molecular weight is 400 g/mol. The van der Waals surface area contributed by atoms with Crippen molar-refractivity contribution in [2.75, 3.05) is 6.61 Å². The molecule has 2 aliphatic heterocycles. The van der Waals surface area contributed by atoms with Crippen molar-refractivity contribution in [1.82, 2.24) is 10.2 Å². The van der Waals surface area contributed by atoms with Crippen LogP contribution in [0, 0.1) is 0 Å². The number of rotatable bonds is 3. The summed E-state index contributed by atoms with van der Waals surface area (Å²) in [6.07, 6.45) is -6.30. The van der Waals surface area contributed by atoms with Crippen LogP contribution in [0.2, 0.25) is 0 Å². The largest absolute Gasteiger partial charge is 0.394 e. The molecule has 29 heavy (non-hydrogen) atoms. The van der Waals surface area contributed by atoms with Crippen LogP contribution in [0.25, 0.3) is 16.8 Å². The second kappa shape index (κ2) is 7.54. The van der Waals surface area contributed by atoms with Crippen LogP contribution in [0.15, 0.2) is 48.2 Å². The molecule has 4 rings (SSSR count). The quantitative estimate of drug-likeness (QED) is 0.347. The highest BCUT2D eigenvalue weighted by molar-refractivity contribution is 6.14. The summed E-state index contributed by atoms with van der Waals surface area (Å²) in [6.45, 7) is -0.662. The maximum Gasteiger partial charge on any atom is 0.331 e. The number of carbonyl (C=O) groups excluding carboxylic acids is 2. The fourth-order valence-corrected chi connectivity index (χ4v) is 3.54. The van der Waals surface area contributed by atoms with Gasteiger partial charge in [-0.2, -0.15) is 0 Å². The van der Waals surface area contributed by atoms with Crippen molar-refractivity contribution in [3.63, 3.8) is 0 Å². The molecule has 9 nitrogen and oxygen atoms in total. The maximum atomic E-state index is 12.8. The highest BCUT2D eigenvalue weighted by atomic mass is 16.6. The molecule has 3 amide bonds. The number of aliphatic hydroxyl groups is 4. The monoisotopic (exact) mass is 400 g/mol. The number of hydrogen-bond donors (Lipinski definition) is 5. The van der Waals surface area contributed by atoms with Crippen molar-refractivity contribution in [3.05, 3.63) is 53.7 Å². The minimum absolute atomic E-state index is 0.0257. The molecular formula is C20H20N2O7. The Kier molecular flexibility index (Phi) is 5.07. The van der Waals surface area contributed by atoms with Crippen LogP contribution in [0.1, 0.15) is 5.56 Å². The molecule has 2 aliphatic rings. The lowest BCUT2D eigenvalue weighted by Gasteiger charge is -2.42. The van der Waals surface area contributed by atoms with E-state index in [0.29, 0.717) is 10.5 Å². The van der Waals surface area contributed by atoms with Gasteiger partial charge in [0.25, 0.3) is 5.91 Å². The van der Waals surface area contributed by atoms with Gasteiger partial charge in [-0.3, -0.25) is 4.79 Å². The Morgan fingerprint density at radius 3 is 2.45 bits per heavy atom. The van der Waals surface area contributed by atoms with E-state index in [4.69, 9.17) is 4.74 Å². The fourth-order valence-electron chi connectivity index (χ4n) is 3.54. The summed E-state index contributed by atoms with van der Waals surface area (Å²) in [6, 6.07) is 12.4. The summed E-state index contributed by atoms with van der Waals surface area (Å²) >= 11 is 0. The first kappa shape index (κ1) is 19.5. The Bertz CT molecular complexity index is 990. The molecule has 0 aliphatic carbocycles. The molecule has 152 valence electrons. The van der Waals surface area contributed by atoms with Gasteiger partial charge in [-0.1, -0.05) is 36.4 Å². The zero-order valence-electron chi connectivity index (χ0n) is 15.2. The average Bonchev–Trinajstić information content (AvgIpc) is 2.99. The van der Waals surface area contributed by atoms with Gasteiger partial charge in [0.1, 0.15) is 30.1 Å². The van der Waals surface area contributed by atoms with Crippen molar-refractivity contribution in [1.29, 1.82) is 0 Å². The van der Waals surface area contributed by atoms with Crippen LogP contribution < -0.4 is 5.32 Å². The molecule has 2 aromatic carbocycles. The van der Waals surface area contributed by atoms with Gasteiger partial charge in [-0.15, -0.1) is 0 Å². The van der Waals surface area contributed by atoms with Gasteiger partial charge in [0.05, 0.1) is 6.61 Å². The zero-order valence-corrected chi connectivity index (χ0v) is 15.2. The number of ether oxygens (including phenoxy) is 1. The summed E-state index contributed by atoms with van der Waals surface area (Å²) in [7, 11) is 0. The molecule has 0 saturated carbocycles. The lowest BCUT2D eigenvalue weighted by Crippen LogP contribution is -2.64.